The monoisotopic (exact) mass is 309 g/mol. The van der Waals surface area contributed by atoms with E-state index < -0.39 is 0 Å². The van der Waals surface area contributed by atoms with E-state index in [1.54, 1.807) is 31.2 Å². The van der Waals surface area contributed by atoms with E-state index in [1.165, 1.54) is 0 Å². The lowest BCUT2D eigenvalue weighted by molar-refractivity contribution is -0.124. The maximum atomic E-state index is 11.9. The smallest absolute Gasteiger partial charge is 0.252 e. The highest BCUT2D eigenvalue weighted by Crippen LogP contribution is 2.12. The van der Waals surface area contributed by atoms with Gasteiger partial charge in [0, 0.05) is 32.0 Å². The summed E-state index contributed by atoms with van der Waals surface area (Å²) in [6, 6.07) is 7.21. The predicted octanol–water partition coefficient (Wildman–Crippen LogP) is 1.86. The Hall–Kier alpha value is -1.53. The van der Waals surface area contributed by atoms with Crippen LogP contribution in [0.5, 0.6) is 0 Å². The molecular formula is C15H23N3O2S. The van der Waals surface area contributed by atoms with Crippen molar-refractivity contribution in [1.82, 2.24) is 15.8 Å². The normalized spacial score (nSPS) is 10.5. The van der Waals surface area contributed by atoms with Crippen molar-refractivity contribution in [1.29, 1.82) is 0 Å². The maximum Gasteiger partial charge on any atom is 0.252 e. The maximum absolute atomic E-state index is 11.9. The first-order valence-electron chi connectivity index (χ1n) is 7.03. The number of hydrogen-bond acceptors (Lipinski definition) is 4. The lowest BCUT2D eigenvalue weighted by Crippen LogP contribution is -2.35. The zero-order chi connectivity index (χ0) is 15.7. The van der Waals surface area contributed by atoms with Crippen LogP contribution in [-0.4, -0.2) is 37.5 Å². The molecule has 5 nitrogen and oxygen atoms in total. The Morgan fingerprint density at radius 3 is 2.52 bits per heavy atom. The molecule has 0 fully saturated rings. The minimum Gasteiger partial charge on any atom is -0.352 e. The lowest BCUT2D eigenvalue weighted by Gasteiger charge is -2.11. The summed E-state index contributed by atoms with van der Waals surface area (Å²) in [6.07, 6.45) is 3.09. The van der Waals surface area contributed by atoms with E-state index >= 15 is 0 Å². The van der Waals surface area contributed by atoms with Crippen molar-refractivity contribution in [3.05, 3.63) is 29.8 Å². The fourth-order valence-electron chi connectivity index (χ4n) is 1.86. The van der Waals surface area contributed by atoms with Crippen LogP contribution in [0.1, 0.15) is 36.0 Å². The van der Waals surface area contributed by atoms with Gasteiger partial charge < -0.3 is 5.32 Å². The second-order valence-corrected chi connectivity index (χ2v) is 5.49. The van der Waals surface area contributed by atoms with E-state index in [0.29, 0.717) is 23.4 Å². The van der Waals surface area contributed by atoms with Crippen LogP contribution in [0.15, 0.2) is 29.2 Å². The van der Waals surface area contributed by atoms with Gasteiger partial charge in [-0.3, -0.25) is 15.0 Å². The standard InChI is InChI=1S/C15H23N3O2S/c1-18(2)17-14(19)10-4-3-7-11-16-15(20)12-8-5-6-9-13(12)21/h5-6,8-9,21H,3-4,7,10-11H2,1-2H3,(H,16,20)(H,17,19). The zero-order valence-corrected chi connectivity index (χ0v) is 13.5. The Morgan fingerprint density at radius 2 is 1.86 bits per heavy atom. The van der Waals surface area contributed by atoms with Crippen LogP contribution in [0, 0.1) is 0 Å². The van der Waals surface area contributed by atoms with Crippen LogP contribution < -0.4 is 10.7 Å². The zero-order valence-electron chi connectivity index (χ0n) is 12.6. The average molecular weight is 309 g/mol. The number of benzene rings is 1. The van der Waals surface area contributed by atoms with Crippen molar-refractivity contribution in [3.63, 3.8) is 0 Å². The van der Waals surface area contributed by atoms with Crippen molar-refractivity contribution in [2.24, 2.45) is 0 Å². The van der Waals surface area contributed by atoms with Crippen molar-refractivity contribution in [3.8, 4) is 0 Å². The summed E-state index contributed by atoms with van der Waals surface area (Å²) in [7, 11) is 3.57. The van der Waals surface area contributed by atoms with E-state index in [1.807, 2.05) is 12.1 Å². The fourth-order valence-corrected chi connectivity index (χ4v) is 2.12. The highest BCUT2D eigenvalue weighted by Gasteiger charge is 2.07. The van der Waals surface area contributed by atoms with Crippen LogP contribution in [0.25, 0.3) is 0 Å². The Labute approximate surface area is 131 Å². The van der Waals surface area contributed by atoms with Gasteiger partial charge in [-0.25, -0.2) is 5.01 Å². The van der Waals surface area contributed by atoms with Crippen LogP contribution in [0.4, 0.5) is 0 Å². The van der Waals surface area contributed by atoms with Crippen molar-refractivity contribution in [2.75, 3.05) is 20.6 Å². The molecule has 0 aliphatic rings. The number of carbonyl (C=O) groups is 2. The molecule has 0 spiro atoms. The third-order valence-corrected chi connectivity index (χ3v) is 3.25. The Balaban J connectivity index is 2.13. The van der Waals surface area contributed by atoms with Gasteiger partial charge >= 0.3 is 0 Å². The van der Waals surface area contributed by atoms with Gasteiger partial charge in [0.25, 0.3) is 5.91 Å². The second-order valence-electron chi connectivity index (χ2n) is 5.01. The number of carbonyl (C=O) groups excluding carboxylic acids is 2. The molecule has 0 radical (unpaired) electrons. The molecule has 0 aromatic heterocycles. The minimum absolute atomic E-state index is 0.0213. The summed E-state index contributed by atoms with van der Waals surface area (Å²) in [5.74, 6) is -0.0843. The number of rotatable bonds is 8. The van der Waals surface area contributed by atoms with Gasteiger partial charge in [0.15, 0.2) is 0 Å². The van der Waals surface area contributed by atoms with Gasteiger partial charge in [-0.2, -0.15) is 0 Å². The quantitative estimate of drug-likeness (QED) is 0.390. The van der Waals surface area contributed by atoms with Gasteiger partial charge in [-0.1, -0.05) is 18.6 Å². The molecule has 0 saturated heterocycles. The van der Waals surface area contributed by atoms with Crippen LogP contribution in [0.3, 0.4) is 0 Å². The van der Waals surface area contributed by atoms with Gasteiger partial charge in [0.05, 0.1) is 5.56 Å². The van der Waals surface area contributed by atoms with Crippen molar-refractivity contribution >= 4 is 24.4 Å². The number of thiol groups is 1. The number of amides is 2. The molecule has 116 valence electrons. The Kier molecular flexibility index (Phi) is 7.85. The molecule has 1 aromatic carbocycles. The molecule has 0 saturated carbocycles. The lowest BCUT2D eigenvalue weighted by atomic mass is 10.1. The SMILES string of the molecule is CN(C)NC(=O)CCCCCNC(=O)c1ccccc1S. The molecule has 0 bridgehead atoms. The van der Waals surface area contributed by atoms with E-state index in [9.17, 15) is 9.59 Å². The minimum atomic E-state index is -0.106. The number of nitrogens with one attached hydrogen (secondary N) is 2. The third-order valence-electron chi connectivity index (χ3n) is 2.86. The highest BCUT2D eigenvalue weighted by molar-refractivity contribution is 7.80. The van der Waals surface area contributed by atoms with Crippen LogP contribution in [0.2, 0.25) is 0 Å². The summed E-state index contributed by atoms with van der Waals surface area (Å²) in [4.78, 5) is 24.0. The summed E-state index contributed by atoms with van der Waals surface area (Å²) in [5, 5.41) is 4.50. The van der Waals surface area contributed by atoms with Crippen LogP contribution in [-0.2, 0) is 4.79 Å². The largest absolute Gasteiger partial charge is 0.352 e. The van der Waals surface area contributed by atoms with Crippen molar-refractivity contribution in [2.45, 2.75) is 30.6 Å². The summed E-state index contributed by atoms with van der Waals surface area (Å²) >= 11 is 4.26. The first-order valence-corrected chi connectivity index (χ1v) is 7.48. The summed E-state index contributed by atoms with van der Waals surface area (Å²) in [6.45, 7) is 0.607. The molecule has 0 heterocycles. The molecule has 0 aliphatic carbocycles. The number of nitrogens with zero attached hydrogens (tertiary/aromatic N) is 1. The first-order chi connectivity index (χ1) is 10.0. The molecule has 0 unspecified atom stereocenters. The van der Waals surface area contributed by atoms with E-state index in [0.717, 1.165) is 19.3 Å². The van der Waals surface area contributed by atoms with E-state index in [-0.39, 0.29) is 11.8 Å². The van der Waals surface area contributed by atoms with Crippen molar-refractivity contribution < 1.29 is 9.59 Å². The first kappa shape index (κ1) is 17.5. The highest BCUT2D eigenvalue weighted by atomic mass is 32.1. The predicted molar refractivity (Wildman–Crippen MR) is 86.3 cm³/mol. The molecule has 21 heavy (non-hydrogen) atoms. The molecule has 0 aliphatic heterocycles. The van der Waals surface area contributed by atoms with E-state index in [4.69, 9.17) is 0 Å². The van der Waals surface area contributed by atoms with Gasteiger partial charge in [0.1, 0.15) is 0 Å². The third kappa shape index (κ3) is 7.15. The average Bonchev–Trinajstić information content (AvgIpc) is 2.42. The molecule has 2 N–H and O–H groups in total. The molecular weight excluding hydrogens is 286 g/mol. The molecule has 0 atom stereocenters. The summed E-state index contributed by atoms with van der Waals surface area (Å²) < 4.78 is 0. The molecule has 1 rings (SSSR count). The summed E-state index contributed by atoms with van der Waals surface area (Å²) in [5.41, 5.74) is 3.28. The second kappa shape index (κ2) is 9.41. The number of unbranched alkanes of at least 4 members (excludes halogenated alkanes) is 2. The molecule has 6 heteroatoms. The Morgan fingerprint density at radius 1 is 1.14 bits per heavy atom. The van der Waals surface area contributed by atoms with Gasteiger partial charge in [-0.15, -0.1) is 12.6 Å². The van der Waals surface area contributed by atoms with Gasteiger partial charge in [-0.05, 0) is 25.0 Å². The van der Waals surface area contributed by atoms with Gasteiger partial charge in [0.2, 0.25) is 5.91 Å². The van der Waals surface area contributed by atoms with Crippen LogP contribution >= 0.6 is 12.6 Å². The van der Waals surface area contributed by atoms with E-state index in [2.05, 4.69) is 23.4 Å². The fraction of sp³-hybridized carbons (Fsp3) is 0.467. The topological polar surface area (TPSA) is 61.4 Å². The molecule has 1 aromatic rings. The Bertz CT molecular complexity index is 478. The number of hydrogen-bond donors (Lipinski definition) is 3. The number of hydrazine groups is 1. The molecule has 2 amide bonds.